The van der Waals surface area contributed by atoms with E-state index in [0.717, 1.165) is 10.2 Å². The van der Waals surface area contributed by atoms with Gasteiger partial charge < -0.3 is 5.11 Å². The molecule has 2 aromatic rings. The molecule has 0 spiro atoms. The third kappa shape index (κ3) is 1.86. The molecule has 0 atom stereocenters. The van der Waals surface area contributed by atoms with Gasteiger partial charge in [0, 0.05) is 5.02 Å². The summed E-state index contributed by atoms with van der Waals surface area (Å²) < 4.78 is 0.964. The number of rotatable bonds is 2. The molecule has 3 nitrogen and oxygen atoms in total. The minimum atomic E-state index is -0.866. The smallest absolute Gasteiger partial charge is 0.310 e. The molecule has 0 aliphatic heterocycles. The maximum atomic E-state index is 10.5. The second-order valence-corrected chi connectivity index (χ2v) is 4.34. The van der Waals surface area contributed by atoms with Crippen molar-refractivity contribution in [2.45, 2.75) is 6.42 Å². The van der Waals surface area contributed by atoms with E-state index in [0.29, 0.717) is 10.0 Å². The Bertz CT molecular complexity index is 495. The lowest BCUT2D eigenvalue weighted by molar-refractivity contribution is -0.136. The normalized spacial score (nSPS) is 10.6. The molecule has 0 aliphatic rings. The number of fused-ring (bicyclic) bond motifs is 1. The fourth-order valence-corrected chi connectivity index (χ4v) is 2.26. The highest BCUT2D eigenvalue weighted by Crippen LogP contribution is 2.25. The van der Waals surface area contributed by atoms with Crippen molar-refractivity contribution in [3.8, 4) is 0 Å². The highest BCUT2D eigenvalue weighted by molar-refractivity contribution is 7.18. The van der Waals surface area contributed by atoms with Gasteiger partial charge in [-0.25, -0.2) is 4.98 Å². The quantitative estimate of drug-likeness (QED) is 0.858. The van der Waals surface area contributed by atoms with Crippen molar-refractivity contribution in [3.05, 3.63) is 28.2 Å². The van der Waals surface area contributed by atoms with E-state index >= 15 is 0 Å². The first-order valence-electron chi connectivity index (χ1n) is 3.92. The number of nitrogens with zero attached hydrogens (tertiary/aromatic N) is 1. The van der Waals surface area contributed by atoms with Gasteiger partial charge in [-0.05, 0) is 18.2 Å². The largest absolute Gasteiger partial charge is 0.481 e. The first-order valence-corrected chi connectivity index (χ1v) is 5.11. The van der Waals surface area contributed by atoms with Gasteiger partial charge in [-0.2, -0.15) is 0 Å². The third-order valence-electron chi connectivity index (χ3n) is 1.70. The zero-order chi connectivity index (χ0) is 10.1. The summed E-state index contributed by atoms with van der Waals surface area (Å²) in [5.74, 6) is -0.866. The Morgan fingerprint density at radius 1 is 1.57 bits per heavy atom. The number of carbonyl (C=O) groups is 1. The summed E-state index contributed by atoms with van der Waals surface area (Å²) in [5.41, 5.74) is 0.763. The van der Waals surface area contributed by atoms with Crippen LogP contribution in [-0.2, 0) is 11.2 Å². The van der Waals surface area contributed by atoms with Crippen LogP contribution in [0.4, 0.5) is 0 Å². The summed E-state index contributed by atoms with van der Waals surface area (Å²) in [5, 5.41) is 9.81. The van der Waals surface area contributed by atoms with Gasteiger partial charge in [0.25, 0.3) is 0 Å². The molecule has 1 aromatic heterocycles. The fraction of sp³-hybridized carbons (Fsp3) is 0.111. The standard InChI is InChI=1S/C9H6ClNO2S/c10-5-1-2-7-6(3-5)11-8(14-7)4-9(12)13/h1-3H,4H2,(H,12,13). The van der Waals surface area contributed by atoms with Crippen molar-refractivity contribution in [1.29, 1.82) is 0 Å². The van der Waals surface area contributed by atoms with Gasteiger partial charge >= 0.3 is 5.97 Å². The van der Waals surface area contributed by atoms with Crippen LogP contribution in [0, 0.1) is 0 Å². The fourth-order valence-electron chi connectivity index (χ4n) is 1.15. The highest BCUT2D eigenvalue weighted by atomic mass is 35.5. The van der Waals surface area contributed by atoms with Crippen molar-refractivity contribution in [2.24, 2.45) is 0 Å². The van der Waals surface area contributed by atoms with E-state index in [2.05, 4.69) is 4.98 Å². The van der Waals surface area contributed by atoms with Gasteiger partial charge in [-0.15, -0.1) is 11.3 Å². The topological polar surface area (TPSA) is 50.2 Å². The minimum Gasteiger partial charge on any atom is -0.481 e. The molecule has 0 saturated carbocycles. The molecule has 1 N–H and O–H groups in total. The van der Waals surface area contributed by atoms with Crippen LogP contribution in [0.3, 0.4) is 0 Å². The van der Waals surface area contributed by atoms with E-state index < -0.39 is 5.97 Å². The van der Waals surface area contributed by atoms with Crippen LogP contribution < -0.4 is 0 Å². The number of hydrogen-bond acceptors (Lipinski definition) is 3. The van der Waals surface area contributed by atoms with Gasteiger partial charge in [0.2, 0.25) is 0 Å². The molecule has 0 amide bonds. The molecule has 0 saturated heterocycles. The summed E-state index contributed by atoms with van der Waals surface area (Å²) in [7, 11) is 0. The molecule has 0 fully saturated rings. The second-order valence-electron chi connectivity index (χ2n) is 2.79. The highest BCUT2D eigenvalue weighted by Gasteiger charge is 2.07. The van der Waals surface area contributed by atoms with Crippen LogP contribution in [-0.4, -0.2) is 16.1 Å². The van der Waals surface area contributed by atoms with Gasteiger partial charge in [0.1, 0.15) is 5.01 Å². The molecule has 14 heavy (non-hydrogen) atoms. The number of carboxylic acid groups (broad SMARTS) is 1. The third-order valence-corrected chi connectivity index (χ3v) is 2.97. The van der Waals surface area contributed by atoms with Gasteiger partial charge in [-0.1, -0.05) is 11.6 Å². The number of halogens is 1. The van der Waals surface area contributed by atoms with Crippen molar-refractivity contribution in [3.63, 3.8) is 0 Å². The van der Waals surface area contributed by atoms with Crippen molar-refractivity contribution in [1.82, 2.24) is 4.98 Å². The van der Waals surface area contributed by atoms with Crippen LogP contribution in [0.2, 0.25) is 5.02 Å². The van der Waals surface area contributed by atoms with E-state index in [9.17, 15) is 4.79 Å². The number of thiazole rings is 1. The Balaban J connectivity index is 2.46. The van der Waals surface area contributed by atoms with Gasteiger partial charge in [0.15, 0.2) is 0 Å². The zero-order valence-corrected chi connectivity index (χ0v) is 8.60. The van der Waals surface area contributed by atoms with Crippen LogP contribution in [0.25, 0.3) is 10.2 Å². The average molecular weight is 228 g/mol. The van der Waals surface area contributed by atoms with Gasteiger partial charge in [-0.3, -0.25) is 4.79 Å². The molecule has 72 valence electrons. The summed E-state index contributed by atoms with van der Waals surface area (Å²) in [6.45, 7) is 0. The summed E-state index contributed by atoms with van der Waals surface area (Å²) in [4.78, 5) is 14.6. The molecular formula is C9H6ClNO2S. The second kappa shape index (κ2) is 3.55. The summed E-state index contributed by atoms with van der Waals surface area (Å²) >= 11 is 7.17. The Morgan fingerprint density at radius 2 is 2.36 bits per heavy atom. The van der Waals surface area contributed by atoms with E-state index in [1.54, 1.807) is 12.1 Å². The van der Waals surface area contributed by atoms with Gasteiger partial charge in [0.05, 0.1) is 16.6 Å². The molecule has 0 aliphatic carbocycles. The van der Waals surface area contributed by atoms with E-state index in [4.69, 9.17) is 16.7 Å². The average Bonchev–Trinajstić information content (AvgIpc) is 2.44. The molecule has 2 rings (SSSR count). The minimum absolute atomic E-state index is 0.0308. The molecule has 0 bridgehead atoms. The summed E-state index contributed by atoms with van der Waals surface area (Å²) in [6, 6.07) is 5.35. The molecule has 0 unspecified atom stereocenters. The first-order chi connectivity index (χ1) is 6.65. The van der Waals surface area contributed by atoms with Crippen molar-refractivity contribution < 1.29 is 9.90 Å². The number of hydrogen-bond donors (Lipinski definition) is 1. The predicted octanol–water partition coefficient (Wildman–Crippen LogP) is 2.58. The van der Waals surface area contributed by atoms with Crippen LogP contribution in [0.1, 0.15) is 5.01 Å². The number of aliphatic carboxylic acids is 1. The van der Waals surface area contributed by atoms with E-state index in [1.165, 1.54) is 11.3 Å². The Labute approximate surface area is 89.0 Å². The molecular weight excluding hydrogens is 222 g/mol. The van der Waals surface area contributed by atoms with Crippen molar-refractivity contribution in [2.75, 3.05) is 0 Å². The maximum absolute atomic E-state index is 10.5. The maximum Gasteiger partial charge on any atom is 0.310 e. The van der Waals surface area contributed by atoms with E-state index in [-0.39, 0.29) is 6.42 Å². The SMILES string of the molecule is O=C(O)Cc1nc2cc(Cl)ccc2s1. The lowest BCUT2D eigenvalue weighted by Gasteiger charge is -1.86. The predicted molar refractivity (Wildman–Crippen MR) is 56.0 cm³/mol. The van der Waals surface area contributed by atoms with Crippen LogP contribution in [0.5, 0.6) is 0 Å². The molecule has 1 aromatic carbocycles. The van der Waals surface area contributed by atoms with Crippen LogP contribution in [0.15, 0.2) is 18.2 Å². The van der Waals surface area contributed by atoms with Crippen molar-refractivity contribution >= 4 is 39.1 Å². The Hall–Kier alpha value is -1.13. The molecule has 0 radical (unpaired) electrons. The molecule has 5 heteroatoms. The lowest BCUT2D eigenvalue weighted by atomic mass is 10.3. The Kier molecular flexibility index (Phi) is 2.39. The lowest BCUT2D eigenvalue weighted by Crippen LogP contribution is -1.98. The van der Waals surface area contributed by atoms with E-state index in [1.807, 2.05) is 6.07 Å². The monoisotopic (exact) mass is 227 g/mol. The van der Waals surface area contributed by atoms with Crippen LogP contribution >= 0.6 is 22.9 Å². The zero-order valence-electron chi connectivity index (χ0n) is 7.03. The first kappa shape index (κ1) is 9.43. The number of carboxylic acids is 1. The molecule has 1 heterocycles. The Morgan fingerprint density at radius 3 is 3.07 bits per heavy atom. The summed E-state index contributed by atoms with van der Waals surface area (Å²) in [6.07, 6.45) is -0.0308. The number of aromatic nitrogens is 1. The number of benzene rings is 1.